The van der Waals surface area contributed by atoms with E-state index in [9.17, 15) is 0 Å². The predicted octanol–water partition coefficient (Wildman–Crippen LogP) is 0.828. The Morgan fingerprint density at radius 1 is 1.32 bits per heavy atom. The van der Waals surface area contributed by atoms with Crippen LogP contribution in [0.4, 0.5) is 5.69 Å². The van der Waals surface area contributed by atoms with Crippen molar-refractivity contribution in [3.63, 3.8) is 0 Å². The highest BCUT2D eigenvalue weighted by Gasteiger charge is 2.51. The molecule has 104 valence electrons. The van der Waals surface area contributed by atoms with Gasteiger partial charge in [0.05, 0.1) is 25.5 Å². The van der Waals surface area contributed by atoms with Crippen molar-refractivity contribution in [3.8, 4) is 5.88 Å². The first-order valence-corrected chi connectivity index (χ1v) is 6.22. The quantitative estimate of drug-likeness (QED) is 0.880. The van der Waals surface area contributed by atoms with Crippen LogP contribution in [-0.4, -0.2) is 42.6 Å². The molecule has 2 bridgehead atoms. The van der Waals surface area contributed by atoms with E-state index in [0.717, 1.165) is 0 Å². The summed E-state index contributed by atoms with van der Waals surface area (Å²) in [5.74, 6) is -1.00. The molecule has 3 fully saturated rings. The summed E-state index contributed by atoms with van der Waals surface area (Å²) in [5, 5.41) is 7.63. The molecule has 1 aromatic rings. The molecule has 0 spiro atoms. The molecule has 8 heteroatoms. The number of nitrogen functional groups attached to an aromatic ring is 1. The molecular formula is C11H14ClN3O4. The molecule has 0 aromatic carbocycles. The Bertz CT molecular complexity index is 474. The molecule has 0 saturated carbocycles. The molecule has 0 aliphatic carbocycles. The fraction of sp³-hybridized carbons (Fsp3) is 0.636. The van der Waals surface area contributed by atoms with Gasteiger partial charge in [0.1, 0.15) is 0 Å². The number of nitrogens with two attached hydrogens (primary N) is 1. The van der Waals surface area contributed by atoms with Crippen molar-refractivity contribution in [2.75, 3.05) is 32.2 Å². The third-order valence-electron chi connectivity index (χ3n) is 3.07. The highest BCUT2D eigenvalue weighted by atomic mass is 35.5. The Balaban J connectivity index is 1.66. The average Bonchev–Trinajstić information content (AvgIpc) is 2.40. The fourth-order valence-corrected chi connectivity index (χ4v) is 2.02. The van der Waals surface area contributed by atoms with Gasteiger partial charge in [0.2, 0.25) is 0 Å². The standard InChI is InChI=1S/C11H14ClN3O4/c1-10-3-17-11(18-4-10,19-5-10)6-16-9-7(13)2-8(12)14-15-9/h2H,3-6H2,1H3,(H2,13,14). The van der Waals surface area contributed by atoms with E-state index in [1.165, 1.54) is 6.07 Å². The third kappa shape index (κ3) is 2.46. The maximum Gasteiger partial charge on any atom is 0.319 e. The van der Waals surface area contributed by atoms with Crippen LogP contribution in [0.2, 0.25) is 5.15 Å². The first kappa shape index (κ1) is 12.9. The highest BCUT2D eigenvalue weighted by Crippen LogP contribution is 2.38. The summed E-state index contributed by atoms with van der Waals surface area (Å²) in [5.41, 5.74) is 5.93. The van der Waals surface area contributed by atoms with Crippen LogP contribution >= 0.6 is 11.6 Å². The van der Waals surface area contributed by atoms with E-state index in [0.29, 0.717) is 25.5 Å². The Labute approximate surface area is 114 Å². The first-order valence-electron chi connectivity index (χ1n) is 5.84. The summed E-state index contributed by atoms with van der Waals surface area (Å²) in [4.78, 5) is 0. The smallest absolute Gasteiger partial charge is 0.319 e. The van der Waals surface area contributed by atoms with Gasteiger partial charge >= 0.3 is 5.97 Å². The van der Waals surface area contributed by atoms with Gasteiger partial charge < -0.3 is 24.7 Å². The van der Waals surface area contributed by atoms with Crippen molar-refractivity contribution in [3.05, 3.63) is 11.2 Å². The minimum absolute atomic E-state index is 0.0313. The van der Waals surface area contributed by atoms with Gasteiger partial charge in [-0.2, -0.15) is 0 Å². The summed E-state index contributed by atoms with van der Waals surface area (Å²) >= 11 is 5.66. The molecule has 2 N–H and O–H groups in total. The van der Waals surface area contributed by atoms with Crippen LogP contribution in [0.15, 0.2) is 6.07 Å². The molecule has 0 atom stereocenters. The number of fused-ring (bicyclic) bond motifs is 3. The van der Waals surface area contributed by atoms with E-state index in [2.05, 4.69) is 10.2 Å². The topological polar surface area (TPSA) is 88.7 Å². The maximum atomic E-state index is 5.72. The molecule has 0 radical (unpaired) electrons. The fourth-order valence-electron chi connectivity index (χ4n) is 1.87. The van der Waals surface area contributed by atoms with Gasteiger partial charge in [0, 0.05) is 11.5 Å². The van der Waals surface area contributed by atoms with Gasteiger partial charge in [-0.3, -0.25) is 0 Å². The SMILES string of the molecule is CC12COC(COc3nnc(Cl)cc3N)(OC1)OC2. The summed E-state index contributed by atoms with van der Waals surface area (Å²) in [7, 11) is 0. The number of aromatic nitrogens is 2. The molecule has 4 heterocycles. The Morgan fingerprint density at radius 3 is 2.53 bits per heavy atom. The van der Waals surface area contributed by atoms with E-state index in [1.54, 1.807) is 0 Å². The second kappa shape index (κ2) is 4.45. The van der Waals surface area contributed by atoms with Crippen molar-refractivity contribution >= 4 is 17.3 Å². The van der Waals surface area contributed by atoms with Crippen LogP contribution in [0.5, 0.6) is 5.88 Å². The van der Waals surface area contributed by atoms with Crippen LogP contribution in [0, 0.1) is 5.41 Å². The number of rotatable bonds is 3. The van der Waals surface area contributed by atoms with Gasteiger partial charge in [0.25, 0.3) is 5.88 Å². The second-order valence-corrected chi connectivity index (χ2v) is 5.46. The number of halogens is 1. The van der Waals surface area contributed by atoms with Gasteiger partial charge in [-0.05, 0) is 0 Å². The summed E-state index contributed by atoms with van der Waals surface area (Å²) in [6.45, 7) is 3.78. The van der Waals surface area contributed by atoms with Crippen LogP contribution in [0.1, 0.15) is 6.92 Å². The molecule has 0 unspecified atom stereocenters. The number of hydrogen-bond donors (Lipinski definition) is 1. The number of ether oxygens (including phenoxy) is 4. The molecule has 7 nitrogen and oxygen atoms in total. The lowest BCUT2D eigenvalue weighted by Crippen LogP contribution is -2.61. The molecular weight excluding hydrogens is 274 g/mol. The minimum Gasteiger partial charge on any atom is -0.466 e. The Morgan fingerprint density at radius 2 is 1.95 bits per heavy atom. The summed E-state index contributed by atoms with van der Waals surface area (Å²) < 4.78 is 22.2. The van der Waals surface area contributed by atoms with Crippen molar-refractivity contribution in [2.24, 2.45) is 5.41 Å². The van der Waals surface area contributed by atoms with Crippen LogP contribution < -0.4 is 10.5 Å². The van der Waals surface area contributed by atoms with Crippen LogP contribution in [-0.2, 0) is 14.2 Å². The highest BCUT2D eigenvalue weighted by molar-refractivity contribution is 6.29. The van der Waals surface area contributed by atoms with Crippen LogP contribution in [0.25, 0.3) is 0 Å². The normalized spacial score (nSPS) is 33.4. The van der Waals surface area contributed by atoms with Gasteiger partial charge in [-0.25, -0.2) is 0 Å². The van der Waals surface area contributed by atoms with E-state index < -0.39 is 5.97 Å². The number of nitrogens with zero attached hydrogens (tertiary/aromatic N) is 2. The zero-order chi connectivity index (χ0) is 13.5. The summed E-state index contributed by atoms with van der Waals surface area (Å²) in [6, 6.07) is 1.46. The van der Waals surface area contributed by atoms with Crippen molar-refractivity contribution in [2.45, 2.75) is 12.9 Å². The lowest BCUT2D eigenvalue weighted by molar-refractivity contribution is -0.470. The van der Waals surface area contributed by atoms with E-state index in [4.69, 9.17) is 36.3 Å². The van der Waals surface area contributed by atoms with Crippen molar-refractivity contribution < 1.29 is 18.9 Å². The Kier molecular flexibility index (Phi) is 3.01. The predicted molar refractivity (Wildman–Crippen MR) is 65.6 cm³/mol. The second-order valence-electron chi connectivity index (χ2n) is 5.08. The zero-order valence-corrected chi connectivity index (χ0v) is 11.1. The molecule has 3 aliphatic rings. The third-order valence-corrected chi connectivity index (χ3v) is 3.25. The average molecular weight is 288 g/mol. The van der Waals surface area contributed by atoms with Gasteiger partial charge in [-0.15, -0.1) is 10.2 Å². The maximum absolute atomic E-state index is 5.72. The largest absolute Gasteiger partial charge is 0.466 e. The van der Waals surface area contributed by atoms with E-state index in [-0.39, 0.29) is 23.1 Å². The van der Waals surface area contributed by atoms with E-state index >= 15 is 0 Å². The van der Waals surface area contributed by atoms with Gasteiger partial charge in [0.15, 0.2) is 11.8 Å². The van der Waals surface area contributed by atoms with Crippen molar-refractivity contribution in [1.82, 2.24) is 10.2 Å². The lowest BCUT2D eigenvalue weighted by atomic mass is 9.92. The number of hydrogen-bond acceptors (Lipinski definition) is 7. The first-order chi connectivity index (χ1) is 9.00. The molecule has 3 saturated heterocycles. The molecule has 19 heavy (non-hydrogen) atoms. The molecule has 3 aliphatic heterocycles. The summed E-state index contributed by atoms with van der Waals surface area (Å²) in [6.07, 6.45) is 0. The molecule has 4 rings (SSSR count). The van der Waals surface area contributed by atoms with Crippen LogP contribution in [0.3, 0.4) is 0 Å². The minimum atomic E-state index is -1.18. The Hall–Kier alpha value is -1.15. The molecule has 0 amide bonds. The van der Waals surface area contributed by atoms with E-state index in [1.807, 2.05) is 6.92 Å². The molecule has 1 aromatic heterocycles. The van der Waals surface area contributed by atoms with Crippen molar-refractivity contribution in [1.29, 1.82) is 0 Å². The number of anilines is 1. The lowest BCUT2D eigenvalue weighted by Gasteiger charge is -2.49. The zero-order valence-electron chi connectivity index (χ0n) is 10.4. The monoisotopic (exact) mass is 287 g/mol. The van der Waals surface area contributed by atoms with Gasteiger partial charge in [-0.1, -0.05) is 18.5 Å².